The number of amides is 1. The van der Waals surface area contributed by atoms with Gasteiger partial charge in [-0.05, 0) is 43.9 Å². The van der Waals surface area contributed by atoms with E-state index in [9.17, 15) is 4.79 Å². The van der Waals surface area contributed by atoms with Gasteiger partial charge in [-0.25, -0.2) is 9.67 Å². The van der Waals surface area contributed by atoms with Gasteiger partial charge in [0.1, 0.15) is 18.4 Å². The molecule has 23 heavy (non-hydrogen) atoms. The number of rotatable bonds is 5. The van der Waals surface area contributed by atoms with E-state index in [-0.39, 0.29) is 18.6 Å². The van der Waals surface area contributed by atoms with Crippen LogP contribution < -0.4 is 10.1 Å². The van der Waals surface area contributed by atoms with Crippen molar-refractivity contribution in [2.45, 2.75) is 37.8 Å². The number of aromatic nitrogens is 3. The fourth-order valence-corrected chi connectivity index (χ4v) is 3.05. The van der Waals surface area contributed by atoms with Crippen LogP contribution in [0.25, 0.3) is 0 Å². The molecule has 0 unspecified atom stereocenters. The summed E-state index contributed by atoms with van der Waals surface area (Å²) in [6, 6.07) is 7.61. The van der Waals surface area contributed by atoms with Gasteiger partial charge in [0.15, 0.2) is 6.61 Å². The average Bonchev–Trinajstić information content (AvgIpc) is 3.08. The minimum absolute atomic E-state index is 0.00332. The Kier molecular flexibility index (Phi) is 5.12. The summed E-state index contributed by atoms with van der Waals surface area (Å²) >= 11 is 5.88. The van der Waals surface area contributed by atoms with Gasteiger partial charge in [-0.1, -0.05) is 17.7 Å². The van der Waals surface area contributed by atoms with E-state index in [1.807, 2.05) is 4.68 Å². The summed E-state index contributed by atoms with van der Waals surface area (Å²) in [7, 11) is 0. The Labute approximate surface area is 139 Å². The molecule has 0 radical (unpaired) electrons. The highest BCUT2D eigenvalue weighted by molar-refractivity contribution is 6.30. The number of carbonyl (C=O) groups excluding carboxylic acids is 1. The number of ether oxygens (including phenoxy) is 1. The summed E-state index contributed by atoms with van der Waals surface area (Å²) < 4.78 is 7.35. The smallest absolute Gasteiger partial charge is 0.258 e. The van der Waals surface area contributed by atoms with Crippen molar-refractivity contribution in [3.05, 3.63) is 41.9 Å². The van der Waals surface area contributed by atoms with Crippen LogP contribution in [0.1, 0.15) is 31.7 Å². The van der Waals surface area contributed by atoms with Gasteiger partial charge in [0.2, 0.25) is 0 Å². The minimum Gasteiger partial charge on any atom is -0.484 e. The lowest BCUT2D eigenvalue weighted by Gasteiger charge is -2.28. The Bertz CT molecular complexity index is 639. The third-order valence-electron chi connectivity index (χ3n) is 4.04. The van der Waals surface area contributed by atoms with E-state index in [0.29, 0.717) is 16.8 Å². The van der Waals surface area contributed by atoms with E-state index < -0.39 is 0 Å². The second kappa shape index (κ2) is 7.46. The molecule has 2 aromatic rings. The molecule has 1 amide bonds. The maximum atomic E-state index is 12.0. The SMILES string of the molecule is O=C(COc1cccc(Cl)c1)NC1CCC(n2cncn2)CC1. The lowest BCUT2D eigenvalue weighted by Crippen LogP contribution is -2.40. The number of hydrogen-bond acceptors (Lipinski definition) is 4. The predicted molar refractivity (Wildman–Crippen MR) is 86.4 cm³/mol. The standard InChI is InChI=1S/C16H19ClN4O2/c17-12-2-1-3-15(8-12)23-9-16(22)20-13-4-6-14(7-5-13)21-11-18-10-19-21/h1-3,8,10-11,13-14H,4-7,9H2,(H,20,22). The molecule has 1 aromatic heterocycles. The fraction of sp³-hybridized carbons (Fsp3) is 0.438. The maximum Gasteiger partial charge on any atom is 0.258 e. The van der Waals surface area contributed by atoms with Crippen LogP contribution in [0, 0.1) is 0 Å². The molecule has 1 fully saturated rings. The predicted octanol–water partition coefficient (Wildman–Crippen LogP) is 2.61. The first kappa shape index (κ1) is 15.8. The van der Waals surface area contributed by atoms with Gasteiger partial charge in [-0.2, -0.15) is 5.10 Å². The lowest BCUT2D eigenvalue weighted by atomic mass is 9.91. The van der Waals surface area contributed by atoms with Gasteiger partial charge in [-0.3, -0.25) is 4.79 Å². The van der Waals surface area contributed by atoms with Crippen LogP contribution in [0.3, 0.4) is 0 Å². The second-order valence-corrected chi connectivity index (χ2v) is 6.13. The van der Waals surface area contributed by atoms with Gasteiger partial charge in [-0.15, -0.1) is 0 Å². The summed E-state index contributed by atoms with van der Waals surface area (Å²) in [6.07, 6.45) is 7.16. The topological polar surface area (TPSA) is 69.0 Å². The van der Waals surface area contributed by atoms with Crippen molar-refractivity contribution in [3.8, 4) is 5.75 Å². The van der Waals surface area contributed by atoms with Crippen molar-refractivity contribution in [1.82, 2.24) is 20.1 Å². The molecule has 1 aliphatic rings. The molecule has 0 saturated heterocycles. The Hall–Kier alpha value is -2.08. The largest absolute Gasteiger partial charge is 0.484 e. The highest BCUT2D eigenvalue weighted by Crippen LogP contribution is 2.27. The fourth-order valence-electron chi connectivity index (χ4n) is 2.87. The molecule has 1 aliphatic carbocycles. The second-order valence-electron chi connectivity index (χ2n) is 5.69. The van der Waals surface area contributed by atoms with Crippen LogP contribution in [0.2, 0.25) is 5.02 Å². The normalized spacial score (nSPS) is 20.9. The Morgan fingerprint density at radius 2 is 2.17 bits per heavy atom. The first-order valence-corrected chi connectivity index (χ1v) is 8.10. The molecule has 0 spiro atoms. The molecule has 1 aromatic carbocycles. The van der Waals surface area contributed by atoms with E-state index in [4.69, 9.17) is 16.3 Å². The van der Waals surface area contributed by atoms with Gasteiger partial charge < -0.3 is 10.1 Å². The molecule has 0 aliphatic heterocycles. The van der Waals surface area contributed by atoms with Gasteiger partial charge in [0.25, 0.3) is 5.91 Å². The average molecular weight is 335 g/mol. The van der Waals surface area contributed by atoms with Crippen molar-refractivity contribution in [2.24, 2.45) is 0 Å². The zero-order chi connectivity index (χ0) is 16.1. The summed E-state index contributed by atoms with van der Waals surface area (Å²) in [5, 5.41) is 7.80. The lowest BCUT2D eigenvalue weighted by molar-refractivity contribution is -0.124. The molecular formula is C16H19ClN4O2. The van der Waals surface area contributed by atoms with Gasteiger partial charge in [0, 0.05) is 11.1 Å². The molecule has 1 saturated carbocycles. The van der Waals surface area contributed by atoms with Crippen LogP contribution in [0.4, 0.5) is 0 Å². The zero-order valence-electron chi connectivity index (χ0n) is 12.7. The zero-order valence-corrected chi connectivity index (χ0v) is 13.4. The molecule has 3 rings (SSSR count). The van der Waals surface area contributed by atoms with Crippen LogP contribution in [0.5, 0.6) is 5.75 Å². The summed E-state index contributed by atoms with van der Waals surface area (Å²) in [5.74, 6) is 0.497. The van der Waals surface area contributed by atoms with Crippen LogP contribution >= 0.6 is 11.6 Å². The van der Waals surface area contributed by atoms with Crippen molar-refractivity contribution in [3.63, 3.8) is 0 Å². The monoisotopic (exact) mass is 334 g/mol. The number of benzene rings is 1. The first-order chi connectivity index (χ1) is 11.2. The third kappa shape index (κ3) is 4.45. The van der Waals surface area contributed by atoms with E-state index in [1.54, 1.807) is 36.9 Å². The van der Waals surface area contributed by atoms with Gasteiger partial charge >= 0.3 is 0 Å². The number of nitrogens with one attached hydrogen (secondary N) is 1. The van der Waals surface area contributed by atoms with Crippen molar-refractivity contribution in [1.29, 1.82) is 0 Å². The van der Waals surface area contributed by atoms with Gasteiger partial charge in [0.05, 0.1) is 6.04 Å². The summed E-state index contributed by atoms with van der Waals surface area (Å²) in [5.41, 5.74) is 0. The molecule has 7 heteroatoms. The van der Waals surface area contributed by atoms with E-state index in [0.717, 1.165) is 25.7 Å². The summed E-state index contributed by atoms with van der Waals surface area (Å²) in [6.45, 7) is 0.00332. The third-order valence-corrected chi connectivity index (χ3v) is 4.27. The number of hydrogen-bond donors (Lipinski definition) is 1. The van der Waals surface area contributed by atoms with E-state index in [1.165, 1.54) is 0 Å². The van der Waals surface area contributed by atoms with Crippen LogP contribution in [0.15, 0.2) is 36.9 Å². The molecule has 122 valence electrons. The van der Waals surface area contributed by atoms with E-state index >= 15 is 0 Å². The van der Waals surface area contributed by atoms with E-state index in [2.05, 4.69) is 15.4 Å². The Balaban J connectivity index is 1.41. The molecule has 0 atom stereocenters. The molecule has 1 heterocycles. The van der Waals surface area contributed by atoms with Crippen LogP contribution in [-0.2, 0) is 4.79 Å². The van der Waals surface area contributed by atoms with Crippen LogP contribution in [-0.4, -0.2) is 33.3 Å². The summed E-state index contributed by atoms with van der Waals surface area (Å²) in [4.78, 5) is 16.0. The number of carbonyl (C=O) groups is 1. The number of nitrogens with zero attached hydrogens (tertiary/aromatic N) is 3. The van der Waals surface area contributed by atoms with Crippen molar-refractivity contribution < 1.29 is 9.53 Å². The molecular weight excluding hydrogens is 316 g/mol. The Morgan fingerprint density at radius 3 is 2.87 bits per heavy atom. The minimum atomic E-state index is -0.103. The quantitative estimate of drug-likeness (QED) is 0.912. The number of halogens is 1. The first-order valence-electron chi connectivity index (χ1n) is 7.72. The molecule has 0 bridgehead atoms. The molecule has 6 nitrogen and oxygen atoms in total. The molecule has 1 N–H and O–H groups in total. The highest BCUT2D eigenvalue weighted by atomic mass is 35.5. The highest BCUT2D eigenvalue weighted by Gasteiger charge is 2.23. The Morgan fingerprint density at radius 1 is 1.35 bits per heavy atom. The van der Waals surface area contributed by atoms with Crippen molar-refractivity contribution >= 4 is 17.5 Å². The van der Waals surface area contributed by atoms with Crippen molar-refractivity contribution in [2.75, 3.05) is 6.61 Å². The maximum absolute atomic E-state index is 12.0.